The molecule has 0 bridgehead atoms. The Kier molecular flexibility index (Phi) is 4.72. The average molecular weight is 302 g/mol. The van der Waals surface area contributed by atoms with Crippen molar-refractivity contribution in [3.8, 4) is 0 Å². The van der Waals surface area contributed by atoms with Gasteiger partial charge < -0.3 is 4.90 Å². The highest BCUT2D eigenvalue weighted by Crippen LogP contribution is 2.20. The zero-order valence-electron chi connectivity index (χ0n) is 13.7. The summed E-state index contributed by atoms with van der Waals surface area (Å²) in [7, 11) is 0. The first-order chi connectivity index (χ1) is 11.2. The van der Waals surface area contributed by atoms with Gasteiger partial charge in [0.1, 0.15) is 5.82 Å². The maximum absolute atomic E-state index is 4.79. The smallest absolute Gasteiger partial charge is 0.129 e. The van der Waals surface area contributed by atoms with Gasteiger partial charge in [0.25, 0.3) is 0 Å². The van der Waals surface area contributed by atoms with Crippen LogP contribution in [-0.4, -0.2) is 4.98 Å². The fraction of sp³-hybridized carbons (Fsp3) is 0.190. The number of hydrogen-bond donors (Lipinski definition) is 0. The molecule has 0 radical (unpaired) electrons. The van der Waals surface area contributed by atoms with Crippen molar-refractivity contribution in [2.24, 2.45) is 0 Å². The summed E-state index contributed by atoms with van der Waals surface area (Å²) in [6.45, 7) is 5.88. The monoisotopic (exact) mass is 302 g/mol. The molecule has 2 aromatic carbocycles. The molecule has 2 nitrogen and oxygen atoms in total. The number of hydrogen-bond acceptors (Lipinski definition) is 2. The molecule has 1 heterocycles. The highest BCUT2D eigenvalue weighted by molar-refractivity contribution is 5.43. The van der Waals surface area contributed by atoms with Crippen molar-refractivity contribution in [3.05, 3.63) is 95.2 Å². The average Bonchev–Trinajstić information content (AvgIpc) is 2.59. The largest absolute Gasteiger partial charge is 0.348 e. The van der Waals surface area contributed by atoms with Gasteiger partial charge in [0.2, 0.25) is 0 Å². The Hall–Kier alpha value is -2.61. The van der Waals surface area contributed by atoms with Gasteiger partial charge in [-0.2, -0.15) is 0 Å². The van der Waals surface area contributed by atoms with Gasteiger partial charge in [0.15, 0.2) is 0 Å². The summed E-state index contributed by atoms with van der Waals surface area (Å²) < 4.78 is 0. The van der Waals surface area contributed by atoms with Crippen LogP contribution in [0.5, 0.6) is 0 Å². The molecule has 23 heavy (non-hydrogen) atoms. The van der Waals surface area contributed by atoms with Crippen molar-refractivity contribution in [2.75, 3.05) is 4.90 Å². The number of pyridine rings is 1. The quantitative estimate of drug-likeness (QED) is 0.666. The van der Waals surface area contributed by atoms with Gasteiger partial charge in [0.05, 0.1) is 0 Å². The van der Waals surface area contributed by atoms with E-state index in [9.17, 15) is 0 Å². The molecule has 0 spiro atoms. The van der Waals surface area contributed by atoms with Crippen molar-refractivity contribution >= 4 is 5.82 Å². The Labute approximate surface area is 138 Å². The zero-order chi connectivity index (χ0) is 16.1. The van der Waals surface area contributed by atoms with Crippen molar-refractivity contribution in [3.63, 3.8) is 0 Å². The van der Waals surface area contributed by atoms with E-state index in [1.807, 2.05) is 0 Å². The Morgan fingerprint density at radius 2 is 1.22 bits per heavy atom. The van der Waals surface area contributed by atoms with Gasteiger partial charge in [0, 0.05) is 18.8 Å². The molecule has 3 aromatic rings. The lowest BCUT2D eigenvalue weighted by molar-refractivity contribution is 0.780. The molecular weight excluding hydrogens is 280 g/mol. The normalized spacial score (nSPS) is 10.5. The van der Waals surface area contributed by atoms with E-state index in [1.54, 1.807) is 0 Å². The summed E-state index contributed by atoms with van der Waals surface area (Å²) in [6.07, 6.45) is 0. The number of benzene rings is 2. The van der Waals surface area contributed by atoms with Gasteiger partial charge in [-0.05, 0) is 36.6 Å². The number of aryl methyl sites for hydroxylation is 2. The molecule has 0 unspecified atom stereocenters. The highest BCUT2D eigenvalue weighted by atomic mass is 15.2. The summed E-state index contributed by atoms with van der Waals surface area (Å²) in [5.74, 6) is 1.03. The van der Waals surface area contributed by atoms with Crippen LogP contribution >= 0.6 is 0 Å². The second-order valence-corrected chi connectivity index (χ2v) is 5.90. The number of aromatic nitrogens is 1. The summed E-state index contributed by atoms with van der Waals surface area (Å²) in [6, 6.07) is 25.4. The van der Waals surface area contributed by atoms with Crippen LogP contribution in [0, 0.1) is 13.8 Å². The number of rotatable bonds is 5. The van der Waals surface area contributed by atoms with Crippen LogP contribution in [0.2, 0.25) is 0 Å². The second kappa shape index (κ2) is 7.10. The van der Waals surface area contributed by atoms with Crippen LogP contribution in [0.1, 0.15) is 22.4 Å². The molecular formula is C21H22N2. The van der Waals surface area contributed by atoms with Crippen molar-refractivity contribution in [1.29, 1.82) is 0 Å². The second-order valence-electron chi connectivity index (χ2n) is 5.90. The minimum atomic E-state index is 0.852. The third-order valence-electron chi connectivity index (χ3n) is 4.09. The molecule has 2 heteroatoms. The van der Waals surface area contributed by atoms with Gasteiger partial charge >= 0.3 is 0 Å². The van der Waals surface area contributed by atoms with E-state index < -0.39 is 0 Å². The van der Waals surface area contributed by atoms with Crippen LogP contribution in [0.25, 0.3) is 0 Å². The van der Waals surface area contributed by atoms with E-state index in [0.717, 1.165) is 24.6 Å². The van der Waals surface area contributed by atoms with E-state index in [0.29, 0.717) is 0 Å². The van der Waals surface area contributed by atoms with Crippen molar-refractivity contribution in [2.45, 2.75) is 26.9 Å². The first-order valence-corrected chi connectivity index (χ1v) is 7.99. The van der Waals surface area contributed by atoms with E-state index in [2.05, 4.69) is 91.5 Å². The minimum Gasteiger partial charge on any atom is -0.348 e. The summed E-state index contributed by atoms with van der Waals surface area (Å²) in [5.41, 5.74) is 4.91. The van der Waals surface area contributed by atoms with E-state index >= 15 is 0 Å². The predicted octanol–water partition coefficient (Wildman–Crippen LogP) is 4.91. The number of nitrogens with zero attached hydrogens (tertiary/aromatic N) is 2. The summed E-state index contributed by atoms with van der Waals surface area (Å²) in [5, 5.41) is 0. The van der Waals surface area contributed by atoms with Gasteiger partial charge in [-0.1, -0.05) is 66.7 Å². The van der Waals surface area contributed by atoms with Crippen LogP contribution < -0.4 is 4.90 Å². The van der Waals surface area contributed by atoms with Crippen LogP contribution in [0.15, 0.2) is 72.8 Å². The van der Waals surface area contributed by atoms with Gasteiger partial charge in [-0.15, -0.1) is 0 Å². The third-order valence-corrected chi connectivity index (χ3v) is 4.09. The Balaban J connectivity index is 1.90. The van der Waals surface area contributed by atoms with Crippen LogP contribution in [0.4, 0.5) is 5.82 Å². The zero-order valence-corrected chi connectivity index (χ0v) is 13.7. The molecule has 3 rings (SSSR count). The molecule has 0 aliphatic rings. The fourth-order valence-electron chi connectivity index (χ4n) is 2.62. The number of anilines is 1. The Morgan fingerprint density at radius 3 is 1.70 bits per heavy atom. The maximum Gasteiger partial charge on any atom is 0.129 e. The predicted molar refractivity (Wildman–Crippen MR) is 96.5 cm³/mol. The lowest BCUT2D eigenvalue weighted by Gasteiger charge is -2.25. The summed E-state index contributed by atoms with van der Waals surface area (Å²) in [4.78, 5) is 7.12. The van der Waals surface area contributed by atoms with Crippen molar-refractivity contribution in [1.82, 2.24) is 4.98 Å². The highest BCUT2D eigenvalue weighted by Gasteiger charge is 2.10. The van der Waals surface area contributed by atoms with Crippen LogP contribution in [0.3, 0.4) is 0 Å². The molecule has 0 aliphatic heterocycles. The maximum atomic E-state index is 4.79. The Morgan fingerprint density at radius 1 is 0.696 bits per heavy atom. The minimum absolute atomic E-state index is 0.852. The van der Waals surface area contributed by atoms with Gasteiger partial charge in [-0.3, -0.25) is 0 Å². The van der Waals surface area contributed by atoms with E-state index in [-0.39, 0.29) is 0 Å². The molecule has 0 amide bonds. The summed E-state index contributed by atoms with van der Waals surface area (Å²) >= 11 is 0. The third kappa shape index (κ3) is 3.98. The van der Waals surface area contributed by atoms with Gasteiger partial charge in [-0.25, -0.2) is 4.98 Å². The standard InChI is InChI=1S/C21H22N2/c1-17-13-14-21(22-18(17)2)23(15-19-9-5-3-6-10-19)16-20-11-7-4-8-12-20/h3-14H,15-16H2,1-2H3. The van der Waals surface area contributed by atoms with Crippen molar-refractivity contribution < 1.29 is 0 Å². The molecule has 0 N–H and O–H groups in total. The fourth-order valence-corrected chi connectivity index (χ4v) is 2.62. The van der Waals surface area contributed by atoms with E-state index in [1.165, 1.54) is 16.7 Å². The van der Waals surface area contributed by atoms with Crippen LogP contribution in [-0.2, 0) is 13.1 Å². The molecule has 116 valence electrons. The lowest BCUT2D eigenvalue weighted by atomic mass is 10.1. The molecule has 0 atom stereocenters. The molecule has 0 fully saturated rings. The first kappa shape index (κ1) is 15.3. The molecule has 1 aromatic heterocycles. The van der Waals surface area contributed by atoms with E-state index in [4.69, 9.17) is 4.98 Å². The Bertz CT molecular complexity index is 710. The lowest BCUT2D eigenvalue weighted by Crippen LogP contribution is -2.23. The molecule has 0 saturated carbocycles. The SMILES string of the molecule is Cc1ccc(N(Cc2ccccc2)Cc2ccccc2)nc1C. The molecule has 0 saturated heterocycles. The first-order valence-electron chi connectivity index (χ1n) is 7.99. The topological polar surface area (TPSA) is 16.1 Å². The molecule has 0 aliphatic carbocycles.